The maximum Gasteiger partial charge on any atom is 0.242 e. The molecule has 1 unspecified atom stereocenters. The summed E-state index contributed by atoms with van der Waals surface area (Å²) in [5, 5.41) is 11.1. The van der Waals surface area contributed by atoms with Crippen molar-refractivity contribution in [2.75, 3.05) is 11.1 Å². The molecule has 2 N–H and O–H groups in total. The lowest BCUT2D eigenvalue weighted by Crippen LogP contribution is -2.34. The number of carbonyl (C=O) groups excluding carboxylic acids is 1. The van der Waals surface area contributed by atoms with Crippen molar-refractivity contribution in [1.82, 2.24) is 0 Å². The SMILES string of the molecule is CCCS(=O)(=O)C(C)C(=O)Nc1cc(Cl)ccc1O. The summed E-state index contributed by atoms with van der Waals surface area (Å²) in [6.45, 7) is 3.05. The quantitative estimate of drug-likeness (QED) is 0.817. The number of hydrogen-bond acceptors (Lipinski definition) is 4. The number of phenolic OH excluding ortho intramolecular Hbond substituents is 1. The van der Waals surface area contributed by atoms with Crippen LogP contribution in [0.5, 0.6) is 5.75 Å². The van der Waals surface area contributed by atoms with Crippen molar-refractivity contribution >= 4 is 33.0 Å². The number of aromatic hydroxyl groups is 1. The number of hydrogen-bond donors (Lipinski definition) is 2. The van der Waals surface area contributed by atoms with Gasteiger partial charge in [-0.25, -0.2) is 8.42 Å². The van der Waals surface area contributed by atoms with Gasteiger partial charge < -0.3 is 10.4 Å². The molecule has 0 bridgehead atoms. The van der Waals surface area contributed by atoms with Crippen LogP contribution in [0.3, 0.4) is 0 Å². The fraction of sp³-hybridized carbons (Fsp3) is 0.417. The second kappa shape index (κ2) is 6.25. The lowest BCUT2D eigenvalue weighted by molar-refractivity contribution is -0.115. The van der Waals surface area contributed by atoms with E-state index in [-0.39, 0.29) is 17.2 Å². The Bertz CT molecular complexity index is 571. The molecule has 1 aromatic carbocycles. The van der Waals surface area contributed by atoms with Crippen LogP contribution in [0.15, 0.2) is 18.2 Å². The van der Waals surface area contributed by atoms with Gasteiger partial charge in [-0.1, -0.05) is 18.5 Å². The van der Waals surface area contributed by atoms with E-state index < -0.39 is 21.0 Å². The highest BCUT2D eigenvalue weighted by molar-refractivity contribution is 7.92. The van der Waals surface area contributed by atoms with Gasteiger partial charge in [0.15, 0.2) is 9.84 Å². The molecule has 0 spiro atoms. The minimum Gasteiger partial charge on any atom is -0.506 e. The van der Waals surface area contributed by atoms with E-state index in [2.05, 4.69) is 5.32 Å². The van der Waals surface area contributed by atoms with E-state index in [9.17, 15) is 18.3 Å². The number of halogens is 1. The van der Waals surface area contributed by atoms with Crippen LogP contribution in [-0.2, 0) is 14.6 Å². The Morgan fingerprint density at radius 2 is 2.11 bits per heavy atom. The summed E-state index contributed by atoms with van der Waals surface area (Å²) < 4.78 is 23.5. The molecule has 1 aromatic rings. The summed E-state index contributed by atoms with van der Waals surface area (Å²) in [7, 11) is -3.48. The van der Waals surface area contributed by atoms with Gasteiger partial charge in [-0.2, -0.15) is 0 Å². The first-order chi connectivity index (χ1) is 8.77. The number of phenols is 1. The molecule has 0 heterocycles. The predicted molar refractivity (Wildman–Crippen MR) is 75.3 cm³/mol. The zero-order valence-electron chi connectivity index (χ0n) is 10.7. The Labute approximate surface area is 117 Å². The highest BCUT2D eigenvalue weighted by atomic mass is 35.5. The topological polar surface area (TPSA) is 83.5 Å². The lowest BCUT2D eigenvalue weighted by atomic mass is 10.3. The number of amides is 1. The summed E-state index contributed by atoms with van der Waals surface area (Å²) in [5.41, 5.74) is 0.0936. The van der Waals surface area contributed by atoms with E-state index in [1.54, 1.807) is 6.92 Å². The molecule has 0 aliphatic heterocycles. The summed E-state index contributed by atoms with van der Waals surface area (Å²) in [6, 6.07) is 4.14. The molecule has 5 nitrogen and oxygen atoms in total. The second-order valence-corrected chi connectivity index (χ2v) is 7.04. The van der Waals surface area contributed by atoms with Gasteiger partial charge >= 0.3 is 0 Å². The Balaban J connectivity index is 2.88. The van der Waals surface area contributed by atoms with E-state index in [4.69, 9.17) is 11.6 Å². The zero-order valence-corrected chi connectivity index (χ0v) is 12.3. The Kier molecular flexibility index (Phi) is 5.20. The molecule has 19 heavy (non-hydrogen) atoms. The molecule has 0 aliphatic rings. The van der Waals surface area contributed by atoms with Crippen molar-refractivity contribution in [3.05, 3.63) is 23.2 Å². The number of carbonyl (C=O) groups is 1. The molecule has 106 valence electrons. The highest BCUT2D eigenvalue weighted by Gasteiger charge is 2.27. The van der Waals surface area contributed by atoms with Crippen LogP contribution in [0.2, 0.25) is 5.02 Å². The summed E-state index contributed by atoms with van der Waals surface area (Å²) >= 11 is 5.74. The summed E-state index contributed by atoms with van der Waals surface area (Å²) in [5.74, 6) is -0.910. The van der Waals surface area contributed by atoms with E-state index in [0.717, 1.165) is 0 Å². The van der Waals surface area contributed by atoms with Crippen LogP contribution >= 0.6 is 11.6 Å². The number of rotatable bonds is 5. The number of anilines is 1. The van der Waals surface area contributed by atoms with Crippen molar-refractivity contribution in [2.24, 2.45) is 0 Å². The van der Waals surface area contributed by atoms with Gasteiger partial charge in [-0.3, -0.25) is 4.79 Å². The molecule has 1 rings (SSSR count). The molecule has 0 fully saturated rings. The van der Waals surface area contributed by atoms with Crippen molar-refractivity contribution in [1.29, 1.82) is 0 Å². The van der Waals surface area contributed by atoms with Gasteiger partial charge in [-0.05, 0) is 31.5 Å². The molecule has 0 aromatic heterocycles. The number of benzene rings is 1. The van der Waals surface area contributed by atoms with E-state index in [0.29, 0.717) is 11.4 Å². The Morgan fingerprint density at radius 1 is 1.47 bits per heavy atom. The fourth-order valence-corrected chi connectivity index (χ4v) is 2.95. The molecule has 1 amide bonds. The number of sulfone groups is 1. The van der Waals surface area contributed by atoms with Gasteiger partial charge in [0, 0.05) is 5.02 Å². The molecule has 7 heteroatoms. The monoisotopic (exact) mass is 305 g/mol. The summed E-state index contributed by atoms with van der Waals surface area (Å²) in [6.07, 6.45) is 0.447. The minimum atomic E-state index is -3.48. The Morgan fingerprint density at radius 3 is 2.68 bits per heavy atom. The van der Waals surface area contributed by atoms with Gasteiger partial charge in [0.2, 0.25) is 5.91 Å². The molecule has 1 atom stereocenters. The van der Waals surface area contributed by atoms with Crippen molar-refractivity contribution < 1.29 is 18.3 Å². The smallest absolute Gasteiger partial charge is 0.242 e. The average Bonchev–Trinajstić information content (AvgIpc) is 2.32. The zero-order chi connectivity index (χ0) is 14.6. The molecule has 0 aliphatic carbocycles. The standard InChI is InChI=1S/C12H16ClNO4S/c1-3-6-19(17,18)8(2)12(16)14-10-7-9(13)4-5-11(10)15/h4-5,7-8,15H,3,6H2,1-2H3,(H,14,16). The largest absolute Gasteiger partial charge is 0.506 e. The first-order valence-corrected chi connectivity index (χ1v) is 7.88. The normalized spacial score (nSPS) is 13.0. The average molecular weight is 306 g/mol. The van der Waals surface area contributed by atoms with Gasteiger partial charge in [0.05, 0.1) is 11.4 Å². The maximum absolute atomic E-state index is 11.9. The first-order valence-electron chi connectivity index (χ1n) is 5.79. The van der Waals surface area contributed by atoms with E-state index >= 15 is 0 Å². The molecular formula is C12H16ClNO4S. The van der Waals surface area contributed by atoms with Crippen LogP contribution < -0.4 is 5.32 Å². The van der Waals surface area contributed by atoms with Crippen LogP contribution in [0.1, 0.15) is 20.3 Å². The Hall–Kier alpha value is -1.27. The van der Waals surface area contributed by atoms with E-state index in [1.165, 1.54) is 25.1 Å². The van der Waals surface area contributed by atoms with Crippen LogP contribution in [-0.4, -0.2) is 30.4 Å². The van der Waals surface area contributed by atoms with Crippen LogP contribution in [0, 0.1) is 0 Å². The van der Waals surface area contributed by atoms with Gasteiger partial charge in [-0.15, -0.1) is 0 Å². The second-order valence-electron chi connectivity index (χ2n) is 4.16. The van der Waals surface area contributed by atoms with Gasteiger partial charge in [0.25, 0.3) is 0 Å². The lowest BCUT2D eigenvalue weighted by Gasteiger charge is -2.13. The van der Waals surface area contributed by atoms with Gasteiger partial charge in [0.1, 0.15) is 11.0 Å². The van der Waals surface area contributed by atoms with Crippen LogP contribution in [0.4, 0.5) is 5.69 Å². The number of nitrogens with one attached hydrogen (secondary N) is 1. The fourth-order valence-electron chi connectivity index (χ4n) is 1.47. The molecular weight excluding hydrogens is 290 g/mol. The minimum absolute atomic E-state index is 0.0525. The third-order valence-corrected chi connectivity index (χ3v) is 5.12. The summed E-state index contributed by atoms with van der Waals surface area (Å²) in [4.78, 5) is 11.9. The third kappa shape index (κ3) is 4.11. The highest BCUT2D eigenvalue weighted by Crippen LogP contribution is 2.26. The first kappa shape index (κ1) is 15.8. The van der Waals surface area contributed by atoms with Crippen molar-refractivity contribution in [3.8, 4) is 5.75 Å². The molecule has 0 saturated carbocycles. The molecule has 0 saturated heterocycles. The maximum atomic E-state index is 11.9. The van der Waals surface area contributed by atoms with E-state index in [1.807, 2.05) is 0 Å². The van der Waals surface area contributed by atoms with Crippen molar-refractivity contribution in [3.63, 3.8) is 0 Å². The van der Waals surface area contributed by atoms with Crippen molar-refractivity contribution in [2.45, 2.75) is 25.5 Å². The van der Waals surface area contributed by atoms with Crippen LogP contribution in [0.25, 0.3) is 0 Å². The predicted octanol–water partition coefficient (Wildman–Crippen LogP) is 2.20. The molecule has 0 radical (unpaired) electrons. The third-order valence-electron chi connectivity index (χ3n) is 2.61.